The highest BCUT2D eigenvalue weighted by atomic mass is 14.7. The zero-order valence-electron chi connectivity index (χ0n) is 7.09. The Morgan fingerprint density at radius 2 is 1.91 bits per heavy atom. The first-order chi connectivity index (χ1) is 5.24. The summed E-state index contributed by atoms with van der Waals surface area (Å²) in [6.07, 6.45) is 4.39. The van der Waals surface area contributed by atoms with Crippen molar-refractivity contribution in [2.24, 2.45) is 17.6 Å². The van der Waals surface area contributed by atoms with Crippen LogP contribution in [0.1, 0.15) is 32.6 Å². The molecule has 0 amide bonds. The Morgan fingerprint density at radius 1 is 1.27 bits per heavy atom. The average molecular weight is 152 g/mol. The summed E-state index contributed by atoms with van der Waals surface area (Å²) in [6, 6.07) is 2.42. The zero-order chi connectivity index (χ0) is 8.27. The first-order valence-electron chi connectivity index (χ1n) is 4.39. The molecule has 0 spiro atoms. The normalized spacial score (nSPS) is 39.2. The quantitative estimate of drug-likeness (QED) is 0.537. The summed E-state index contributed by atoms with van der Waals surface area (Å²) in [7, 11) is 0. The van der Waals surface area contributed by atoms with Gasteiger partial charge in [0.25, 0.3) is 0 Å². The summed E-state index contributed by atoms with van der Waals surface area (Å²) in [4.78, 5) is 0. The van der Waals surface area contributed by atoms with E-state index >= 15 is 0 Å². The molecule has 3 atom stereocenters. The van der Waals surface area contributed by atoms with Gasteiger partial charge in [-0.05, 0) is 31.6 Å². The molecule has 2 heteroatoms. The largest absolute Gasteiger partial charge is 0.327 e. The van der Waals surface area contributed by atoms with E-state index in [2.05, 4.69) is 13.0 Å². The van der Waals surface area contributed by atoms with Gasteiger partial charge in [0.1, 0.15) is 0 Å². The highest BCUT2D eigenvalue weighted by Crippen LogP contribution is 2.25. The maximum Gasteiger partial charge on any atom is 0.0672 e. The van der Waals surface area contributed by atoms with Crippen molar-refractivity contribution in [3.05, 3.63) is 0 Å². The standard InChI is InChI=1S/C9H16N2/c1-7-2-4-8(6-10)9(11)5-3-7/h7-9H,2-5,11H2,1H3/t7?,8?,9-/m1/s1. The summed E-state index contributed by atoms with van der Waals surface area (Å²) >= 11 is 0. The molecule has 0 heterocycles. The SMILES string of the molecule is CC1CCC(C#N)[C@H](N)CC1. The second-order valence-electron chi connectivity index (χ2n) is 3.66. The first kappa shape index (κ1) is 8.55. The molecule has 2 N–H and O–H groups in total. The maximum absolute atomic E-state index is 8.74. The topological polar surface area (TPSA) is 49.8 Å². The van der Waals surface area contributed by atoms with Crippen LogP contribution in [0.25, 0.3) is 0 Å². The third kappa shape index (κ3) is 2.20. The van der Waals surface area contributed by atoms with Crippen LogP contribution in [-0.2, 0) is 0 Å². The molecule has 11 heavy (non-hydrogen) atoms. The number of nitrogens with two attached hydrogens (primary N) is 1. The molecule has 0 aromatic heterocycles. The molecule has 0 bridgehead atoms. The molecule has 2 nitrogen and oxygen atoms in total. The van der Waals surface area contributed by atoms with Crippen molar-refractivity contribution < 1.29 is 0 Å². The predicted octanol–water partition coefficient (Wildman–Crippen LogP) is 1.66. The van der Waals surface area contributed by atoms with Crippen molar-refractivity contribution >= 4 is 0 Å². The minimum atomic E-state index is 0.111. The third-order valence-corrected chi connectivity index (χ3v) is 2.65. The van der Waals surface area contributed by atoms with E-state index in [1.54, 1.807) is 0 Å². The van der Waals surface area contributed by atoms with Crippen LogP contribution in [0, 0.1) is 23.2 Å². The van der Waals surface area contributed by atoms with Crippen molar-refractivity contribution in [3.63, 3.8) is 0 Å². The van der Waals surface area contributed by atoms with Gasteiger partial charge in [-0.2, -0.15) is 5.26 Å². The fourth-order valence-corrected chi connectivity index (χ4v) is 1.66. The van der Waals surface area contributed by atoms with E-state index in [1.807, 2.05) is 0 Å². The van der Waals surface area contributed by atoms with Crippen LogP contribution >= 0.6 is 0 Å². The van der Waals surface area contributed by atoms with Crippen LogP contribution in [-0.4, -0.2) is 6.04 Å². The van der Waals surface area contributed by atoms with Crippen molar-refractivity contribution in [1.29, 1.82) is 5.26 Å². The second kappa shape index (κ2) is 3.73. The Bertz CT molecular complexity index is 159. The lowest BCUT2D eigenvalue weighted by Crippen LogP contribution is -2.27. The number of hydrogen-bond acceptors (Lipinski definition) is 2. The van der Waals surface area contributed by atoms with Crippen molar-refractivity contribution in [2.75, 3.05) is 0 Å². The summed E-state index contributed by atoms with van der Waals surface area (Å²) in [6.45, 7) is 2.24. The van der Waals surface area contributed by atoms with Gasteiger partial charge in [0, 0.05) is 6.04 Å². The molecule has 0 radical (unpaired) electrons. The van der Waals surface area contributed by atoms with Gasteiger partial charge in [0.15, 0.2) is 0 Å². The predicted molar refractivity (Wildman–Crippen MR) is 44.7 cm³/mol. The molecule has 2 unspecified atom stereocenters. The van der Waals surface area contributed by atoms with Crippen LogP contribution in [0.2, 0.25) is 0 Å². The van der Waals surface area contributed by atoms with E-state index in [4.69, 9.17) is 11.0 Å². The van der Waals surface area contributed by atoms with E-state index in [0.717, 1.165) is 18.8 Å². The molecular weight excluding hydrogens is 136 g/mol. The van der Waals surface area contributed by atoms with E-state index in [0.29, 0.717) is 0 Å². The van der Waals surface area contributed by atoms with Crippen LogP contribution in [0.3, 0.4) is 0 Å². The number of hydrogen-bond donors (Lipinski definition) is 1. The van der Waals surface area contributed by atoms with Crippen molar-refractivity contribution in [3.8, 4) is 6.07 Å². The van der Waals surface area contributed by atoms with Gasteiger partial charge in [-0.1, -0.05) is 6.92 Å². The Morgan fingerprint density at radius 3 is 2.55 bits per heavy atom. The fraction of sp³-hybridized carbons (Fsp3) is 0.889. The minimum Gasteiger partial charge on any atom is -0.327 e. The smallest absolute Gasteiger partial charge is 0.0672 e. The molecule has 62 valence electrons. The van der Waals surface area contributed by atoms with E-state index in [1.165, 1.54) is 12.8 Å². The molecule has 1 saturated carbocycles. The van der Waals surface area contributed by atoms with Gasteiger partial charge < -0.3 is 5.73 Å². The highest BCUT2D eigenvalue weighted by Gasteiger charge is 2.22. The molecule has 1 rings (SSSR count). The summed E-state index contributed by atoms with van der Waals surface area (Å²) in [5, 5.41) is 8.74. The van der Waals surface area contributed by atoms with Gasteiger partial charge in [-0.3, -0.25) is 0 Å². The van der Waals surface area contributed by atoms with Crippen molar-refractivity contribution in [1.82, 2.24) is 0 Å². The average Bonchev–Trinajstić information content (AvgIpc) is 2.15. The van der Waals surface area contributed by atoms with E-state index in [9.17, 15) is 0 Å². The monoisotopic (exact) mass is 152 g/mol. The summed E-state index contributed by atoms with van der Waals surface area (Å²) in [5.41, 5.74) is 5.83. The molecule has 0 aromatic rings. The maximum atomic E-state index is 8.74. The Labute approximate surface area is 68.4 Å². The Hall–Kier alpha value is -0.550. The van der Waals surface area contributed by atoms with E-state index in [-0.39, 0.29) is 12.0 Å². The lowest BCUT2D eigenvalue weighted by atomic mass is 9.97. The Kier molecular flexibility index (Phi) is 2.90. The third-order valence-electron chi connectivity index (χ3n) is 2.65. The minimum absolute atomic E-state index is 0.111. The van der Waals surface area contributed by atoms with Crippen LogP contribution in [0.5, 0.6) is 0 Å². The summed E-state index contributed by atoms with van der Waals surface area (Å²) in [5.74, 6) is 0.874. The molecule has 0 aliphatic heterocycles. The number of nitrogens with zero attached hydrogens (tertiary/aromatic N) is 1. The summed E-state index contributed by atoms with van der Waals surface area (Å²) < 4.78 is 0. The number of nitriles is 1. The molecular formula is C9H16N2. The van der Waals surface area contributed by atoms with Crippen LogP contribution in [0.15, 0.2) is 0 Å². The highest BCUT2D eigenvalue weighted by molar-refractivity contribution is 4.92. The lowest BCUT2D eigenvalue weighted by Gasteiger charge is -2.11. The molecule has 1 fully saturated rings. The molecule has 1 aliphatic carbocycles. The molecule has 0 aromatic carbocycles. The van der Waals surface area contributed by atoms with Gasteiger partial charge >= 0.3 is 0 Å². The van der Waals surface area contributed by atoms with Crippen LogP contribution in [0.4, 0.5) is 0 Å². The van der Waals surface area contributed by atoms with E-state index < -0.39 is 0 Å². The van der Waals surface area contributed by atoms with Crippen LogP contribution < -0.4 is 5.73 Å². The first-order valence-corrected chi connectivity index (χ1v) is 4.39. The van der Waals surface area contributed by atoms with Gasteiger partial charge in [0.2, 0.25) is 0 Å². The molecule has 1 aliphatic rings. The fourth-order valence-electron chi connectivity index (χ4n) is 1.66. The number of rotatable bonds is 0. The van der Waals surface area contributed by atoms with Gasteiger partial charge in [-0.15, -0.1) is 0 Å². The van der Waals surface area contributed by atoms with Crippen molar-refractivity contribution in [2.45, 2.75) is 38.6 Å². The Balaban J connectivity index is 2.50. The second-order valence-corrected chi connectivity index (χ2v) is 3.66. The van der Waals surface area contributed by atoms with Gasteiger partial charge in [-0.25, -0.2) is 0 Å². The van der Waals surface area contributed by atoms with Gasteiger partial charge in [0.05, 0.1) is 12.0 Å². The molecule has 0 saturated heterocycles. The lowest BCUT2D eigenvalue weighted by molar-refractivity contribution is 0.485. The zero-order valence-corrected chi connectivity index (χ0v) is 7.09.